The third kappa shape index (κ3) is 2.17. The third-order valence-corrected chi connectivity index (χ3v) is 4.24. The highest BCUT2D eigenvalue weighted by molar-refractivity contribution is 7.71. The number of halogens is 1. The normalized spacial score (nSPS) is 12.8. The second-order valence-electron chi connectivity index (χ2n) is 5.02. The molecule has 2 nitrogen and oxygen atoms in total. The molecule has 1 heterocycles. The number of aryl methyl sites for hydroxylation is 1. The highest BCUT2D eigenvalue weighted by Crippen LogP contribution is 2.29. The van der Waals surface area contributed by atoms with Crippen LogP contribution in [-0.2, 0) is 0 Å². The van der Waals surface area contributed by atoms with Gasteiger partial charge in [0.15, 0.2) is 4.77 Å². The molecule has 1 N–H and O–H groups in total. The van der Waals surface area contributed by atoms with Gasteiger partial charge in [-0.05, 0) is 43.8 Å². The number of para-hydroxylation sites is 1. The molecule has 1 aromatic heterocycles. The first-order valence-electron chi connectivity index (χ1n) is 6.53. The number of benzene rings is 2. The lowest BCUT2D eigenvalue weighted by molar-refractivity contribution is 0.649. The lowest BCUT2D eigenvalue weighted by Gasteiger charge is -2.16. The topological polar surface area (TPSA) is 20.7 Å². The molecule has 0 fully saturated rings. The predicted molar refractivity (Wildman–Crippen MR) is 87.1 cm³/mol. The molecule has 2 aromatic carbocycles. The number of imidazole rings is 1. The van der Waals surface area contributed by atoms with Crippen LogP contribution in [0.5, 0.6) is 0 Å². The van der Waals surface area contributed by atoms with Gasteiger partial charge in [0, 0.05) is 0 Å². The first-order chi connectivity index (χ1) is 9.58. The summed E-state index contributed by atoms with van der Waals surface area (Å²) < 4.78 is 2.78. The van der Waals surface area contributed by atoms with Gasteiger partial charge in [0.1, 0.15) is 0 Å². The van der Waals surface area contributed by atoms with Crippen LogP contribution in [0.1, 0.15) is 24.1 Å². The number of nitrogens with one attached hydrogen (secondary N) is 1. The van der Waals surface area contributed by atoms with Gasteiger partial charge >= 0.3 is 0 Å². The maximum absolute atomic E-state index is 6.35. The summed E-state index contributed by atoms with van der Waals surface area (Å²) in [5.41, 5.74) is 4.41. The van der Waals surface area contributed by atoms with Gasteiger partial charge in [0.2, 0.25) is 0 Å². The van der Waals surface area contributed by atoms with Crippen LogP contribution in [0.2, 0.25) is 5.02 Å². The number of aromatic amines is 1. The number of hydrogen-bond acceptors (Lipinski definition) is 1. The Balaban J connectivity index is 2.21. The van der Waals surface area contributed by atoms with E-state index in [2.05, 4.69) is 47.7 Å². The van der Waals surface area contributed by atoms with E-state index in [0.717, 1.165) is 11.0 Å². The Morgan fingerprint density at radius 3 is 2.55 bits per heavy atom. The maximum atomic E-state index is 6.35. The van der Waals surface area contributed by atoms with Crippen LogP contribution in [0.25, 0.3) is 11.0 Å². The second-order valence-corrected chi connectivity index (χ2v) is 5.82. The van der Waals surface area contributed by atoms with E-state index in [1.54, 1.807) is 0 Å². The molecular weight excluding hydrogens is 288 g/mol. The molecule has 0 saturated carbocycles. The number of nitrogens with zero attached hydrogens (tertiary/aromatic N) is 1. The molecule has 0 aliphatic rings. The van der Waals surface area contributed by atoms with E-state index in [9.17, 15) is 0 Å². The lowest BCUT2D eigenvalue weighted by Crippen LogP contribution is -2.07. The van der Waals surface area contributed by atoms with Gasteiger partial charge in [-0.15, -0.1) is 0 Å². The van der Waals surface area contributed by atoms with Crippen LogP contribution in [0.4, 0.5) is 0 Å². The van der Waals surface area contributed by atoms with Gasteiger partial charge in [-0.3, -0.25) is 0 Å². The molecule has 0 saturated heterocycles. The zero-order valence-electron chi connectivity index (χ0n) is 11.4. The van der Waals surface area contributed by atoms with Gasteiger partial charge in [-0.25, -0.2) is 0 Å². The van der Waals surface area contributed by atoms with Crippen LogP contribution in [0.15, 0.2) is 42.5 Å². The van der Waals surface area contributed by atoms with Crippen molar-refractivity contribution in [2.75, 3.05) is 0 Å². The van der Waals surface area contributed by atoms with Gasteiger partial charge < -0.3 is 9.55 Å². The van der Waals surface area contributed by atoms with E-state index in [4.69, 9.17) is 23.8 Å². The fraction of sp³-hybridized carbons (Fsp3) is 0.188. The molecule has 0 aliphatic carbocycles. The number of aromatic nitrogens is 2. The summed E-state index contributed by atoms with van der Waals surface area (Å²) in [6, 6.07) is 14.5. The Morgan fingerprint density at radius 1 is 1.15 bits per heavy atom. The van der Waals surface area contributed by atoms with Crippen LogP contribution < -0.4 is 0 Å². The zero-order chi connectivity index (χ0) is 14.3. The Hall–Kier alpha value is -1.58. The van der Waals surface area contributed by atoms with Crippen LogP contribution in [-0.4, -0.2) is 9.55 Å². The van der Waals surface area contributed by atoms with Crippen molar-refractivity contribution >= 4 is 34.9 Å². The van der Waals surface area contributed by atoms with Crippen molar-refractivity contribution in [1.82, 2.24) is 9.55 Å². The quantitative estimate of drug-likeness (QED) is 0.640. The van der Waals surface area contributed by atoms with E-state index in [1.165, 1.54) is 11.1 Å². The molecule has 0 bridgehead atoms. The summed E-state index contributed by atoms with van der Waals surface area (Å²) in [4.78, 5) is 3.22. The summed E-state index contributed by atoms with van der Waals surface area (Å²) in [6.45, 7) is 4.22. The third-order valence-electron chi connectivity index (χ3n) is 3.64. The summed E-state index contributed by atoms with van der Waals surface area (Å²) in [6.07, 6.45) is 0. The minimum absolute atomic E-state index is 0.136. The minimum Gasteiger partial charge on any atom is -0.331 e. The zero-order valence-corrected chi connectivity index (χ0v) is 12.9. The van der Waals surface area contributed by atoms with Crippen molar-refractivity contribution in [2.45, 2.75) is 19.9 Å². The smallest absolute Gasteiger partial charge is 0.178 e. The Morgan fingerprint density at radius 2 is 1.85 bits per heavy atom. The molecule has 0 spiro atoms. The average Bonchev–Trinajstić information content (AvgIpc) is 2.76. The Labute approximate surface area is 128 Å². The Bertz CT molecular complexity index is 815. The fourth-order valence-corrected chi connectivity index (χ4v) is 3.13. The van der Waals surface area contributed by atoms with E-state index in [-0.39, 0.29) is 6.04 Å². The average molecular weight is 303 g/mol. The van der Waals surface area contributed by atoms with E-state index in [1.807, 2.05) is 18.2 Å². The lowest BCUT2D eigenvalue weighted by atomic mass is 10.1. The molecule has 0 amide bonds. The molecule has 4 heteroatoms. The SMILES string of the molecule is Cc1ccc(C(C)n2c(=S)[nH]c3cccc(Cl)c32)cc1. The van der Waals surface area contributed by atoms with E-state index < -0.39 is 0 Å². The van der Waals surface area contributed by atoms with Crippen molar-refractivity contribution in [3.05, 3.63) is 63.4 Å². The van der Waals surface area contributed by atoms with E-state index >= 15 is 0 Å². The van der Waals surface area contributed by atoms with Crippen molar-refractivity contribution < 1.29 is 0 Å². The van der Waals surface area contributed by atoms with Crippen LogP contribution in [0.3, 0.4) is 0 Å². The van der Waals surface area contributed by atoms with Crippen molar-refractivity contribution in [3.63, 3.8) is 0 Å². The molecule has 20 heavy (non-hydrogen) atoms. The monoisotopic (exact) mass is 302 g/mol. The summed E-state index contributed by atoms with van der Waals surface area (Å²) in [7, 11) is 0. The Kier molecular flexibility index (Phi) is 3.40. The number of H-pyrrole nitrogens is 1. The van der Waals surface area contributed by atoms with Gasteiger partial charge in [-0.2, -0.15) is 0 Å². The summed E-state index contributed by atoms with van der Waals surface area (Å²) >= 11 is 11.8. The molecule has 0 aliphatic heterocycles. The second kappa shape index (κ2) is 5.08. The summed E-state index contributed by atoms with van der Waals surface area (Å²) in [5.74, 6) is 0. The van der Waals surface area contributed by atoms with Gasteiger partial charge in [-0.1, -0.05) is 47.5 Å². The molecule has 102 valence electrons. The van der Waals surface area contributed by atoms with Crippen LogP contribution in [0, 0.1) is 11.7 Å². The van der Waals surface area contributed by atoms with E-state index in [0.29, 0.717) is 9.79 Å². The first-order valence-corrected chi connectivity index (χ1v) is 7.32. The van der Waals surface area contributed by atoms with Crippen LogP contribution >= 0.6 is 23.8 Å². The molecule has 1 atom stereocenters. The summed E-state index contributed by atoms with van der Waals surface area (Å²) in [5, 5.41) is 0.716. The largest absolute Gasteiger partial charge is 0.331 e. The standard InChI is InChI=1S/C16H15ClN2S/c1-10-6-8-12(9-7-10)11(2)19-15-13(17)4-3-5-14(15)18-16(19)20/h3-9,11H,1-2H3,(H,18,20). The fourth-order valence-electron chi connectivity index (χ4n) is 2.50. The molecule has 1 unspecified atom stereocenters. The predicted octanol–water partition coefficient (Wildman–Crippen LogP) is 5.27. The van der Waals surface area contributed by atoms with Gasteiger partial charge in [0.25, 0.3) is 0 Å². The molecular formula is C16H15ClN2S. The number of hydrogen-bond donors (Lipinski definition) is 1. The van der Waals surface area contributed by atoms with Crippen molar-refractivity contribution in [2.24, 2.45) is 0 Å². The highest BCUT2D eigenvalue weighted by atomic mass is 35.5. The number of rotatable bonds is 2. The molecule has 3 rings (SSSR count). The highest BCUT2D eigenvalue weighted by Gasteiger charge is 2.14. The molecule has 3 aromatic rings. The van der Waals surface area contributed by atoms with Crippen molar-refractivity contribution in [3.8, 4) is 0 Å². The minimum atomic E-state index is 0.136. The molecule has 0 radical (unpaired) electrons. The maximum Gasteiger partial charge on any atom is 0.178 e. The first kappa shape index (κ1) is 13.4. The number of fused-ring (bicyclic) bond motifs is 1. The van der Waals surface area contributed by atoms with Gasteiger partial charge in [0.05, 0.1) is 22.1 Å². The van der Waals surface area contributed by atoms with Crippen molar-refractivity contribution in [1.29, 1.82) is 0 Å².